The SMILES string of the molecule is C[C@@H](O)CNC(=O)c1cnc(Oc2cccc(S(F)(F)(F)(F)F)c2)c(-c2ccn(C)n2)c1. The van der Waals surface area contributed by atoms with E-state index in [1.165, 1.54) is 17.7 Å². The second-order valence-corrected chi connectivity index (χ2v) is 9.47. The Balaban J connectivity index is 2.01. The van der Waals surface area contributed by atoms with Crippen LogP contribution in [-0.4, -0.2) is 38.4 Å². The van der Waals surface area contributed by atoms with Gasteiger partial charge in [-0.2, -0.15) is 5.10 Å². The third kappa shape index (κ3) is 5.73. The quantitative estimate of drug-likeness (QED) is 0.465. The molecule has 0 spiro atoms. The fourth-order valence-electron chi connectivity index (χ4n) is 2.63. The Labute approximate surface area is 179 Å². The molecule has 174 valence electrons. The van der Waals surface area contributed by atoms with E-state index >= 15 is 0 Å². The van der Waals surface area contributed by atoms with Crippen molar-refractivity contribution in [3.63, 3.8) is 0 Å². The molecule has 13 heteroatoms. The molecule has 0 radical (unpaired) electrons. The van der Waals surface area contributed by atoms with Crippen molar-refractivity contribution in [3.05, 3.63) is 54.4 Å². The smallest absolute Gasteiger partial charge is 0.310 e. The van der Waals surface area contributed by atoms with E-state index in [-0.39, 0.29) is 41.4 Å². The average molecular weight is 478 g/mol. The summed E-state index contributed by atoms with van der Waals surface area (Å²) in [7, 11) is -8.28. The fourth-order valence-corrected chi connectivity index (χ4v) is 3.31. The van der Waals surface area contributed by atoms with Crippen LogP contribution in [0.4, 0.5) is 19.4 Å². The number of rotatable bonds is 7. The highest BCUT2D eigenvalue weighted by molar-refractivity contribution is 8.45. The first-order valence-electron chi connectivity index (χ1n) is 9.11. The highest BCUT2D eigenvalue weighted by Crippen LogP contribution is 3.02. The van der Waals surface area contributed by atoms with Crippen molar-refractivity contribution in [2.24, 2.45) is 7.05 Å². The van der Waals surface area contributed by atoms with Crippen molar-refractivity contribution < 1.29 is 34.1 Å². The van der Waals surface area contributed by atoms with Crippen LogP contribution >= 0.6 is 10.2 Å². The summed E-state index contributed by atoms with van der Waals surface area (Å²) in [5.41, 5.74) is 0.497. The predicted molar refractivity (Wildman–Crippen MR) is 108 cm³/mol. The molecule has 0 saturated heterocycles. The van der Waals surface area contributed by atoms with E-state index in [0.29, 0.717) is 0 Å². The molecule has 32 heavy (non-hydrogen) atoms. The lowest BCUT2D eigenvalue weighted by Gasteiger charge is -2.40. The van der Waals surface area contributed by atoms with Gasteiger partial charge < -0.3 is 15.2 Å². The van der Waals surface area contributed by atoms with Gasteiger partial charge in [0.2, 0.25) is 5.88 Å². The monoisotopic (exact) mass is 478 g/mol. The third-order valence-electron chi connectivity index (χ3n) is 4.13. The van der Waals surface area contributed by atoms with Crippen LogP contribution in [-0.2, 0) is 7.05 Å². The number of aromatic nitrogens is 3. The molecule has 0 aliphatic rings. The van der Waals surface area contributed by atoms with Crippen LogP contribution in [0.1, 0.15) is 17.3 Å². The minimum atomic E-state index is -9.90. The lowest BCUT2D eigenvalue weighted by atomic mass is 10.1. The molecule has 0 fully saturated rings. The number of aryl methyl sites for hydroxylation is 1. The number of halogens is 5. The van der Waals surface area contributed by atoms with Gasteiger partial charge in [0.05, 0.1) is 22.9 Å². The largest absolute Gasteiger partial charge is 0.438 e. The van der Waals surface area contributed by atoms with Gasteiger partial charge in [-0.05, 0) is 31.2 Å². The second-order valence-electron chi connectivity index (χ2n) is 7.06. The summed E-state index contributed by atoms with van der Waals surface area (Å²) < 4.78 is 72.5. The van der Waals surface area contributed by atoms with Crippen molar-refractivity contribution in [2.75, 3.05) is 6.54 Å². The summed E-state index contributed by atoms with van der Waals surface area (Å²) in [6.45, 7) is 1.46. The highest BCUT2D eigenvalue weighted by Gasteiger charge is 2.65. The summed E-state index contributed by atoms with van der Waals surface area (Å²) in [6.07, 6.45) is 1.90. The Kier molecular flexibility index (Phi) is 5.46. The zero-order chi connectivity index (χ0) is 23.8. The molecular weight excluding hydrogens is 459 g/mol. The molecule has 0 saturated carbocycles. The molecule has 1 aromatic carbocycles. The Morgan fingerprint density at radius 2 is 1.94 bits per heavy atom. The summed E-state index contributed by atoms with van der Waals surface area (Å²) in [5.74, 6) is -1.33. The van der Waals surface area contributed by atoms with E-state index in [9.17, 15) is 29.3 Å². The molecule has 2 aromatic heterocycles. The van der Waals surface area contributed by atoms with Gasteiger partial charge in [0.15, 0.2) is 0 Å². The van der Waals surface area contributed by atoms with Gasteiger partial charge in [-0.15, -0.1) is 0 Å². The number of pyridine rings is 1. The number of ether oxygens (including phenoxy) is 1. The van der Waals surface area contributed by atoms with E-state index in [1.807, 2.05) is 0 Å². The number of hydrogen-bond acceptors (Lipinski definition) is 5. The van der Waals surface area contributed by atoms with Crippen LogP contribution in [0.15, 0.2) is 53.7 Å². The van der Waals surface area contributed by atoms with E-state index in [2.05, 4.69) is 15.4 Å². The normalized spacial score (nSPS) is 14.9. The molecule has 1 atom stereocenters. The maximum atomic E-state index is 13.1. The number of aliphatic hydroxyl groups is 1. The molecule has 0 aliphatic heterocycles. The molecule has 0 aliphatic carbocycles. The first kappa shape index (κ1) is 23.5. The first-order chi connectivity index (χ1) is 14.6. The van der Waals surface area contributed by atoms with Gasteiger partial charge in [0.1, 0.15) is 10.6 Å². The van der Waals surface area contributed by atoms with Crippen LogP contribution in [0.2, 0.25) is 0 Å². The van der Waals surface area contributed by atoms with Crippen LogP contribution in [0.3, 0.4) is 0 Å². The summed E-state index contributed by atoms with van der Waals surface area (Å²) >= 11 is 0. The van der Waals surface area contributed by atoms with Crippen molar-refractivity contribution in [1.82, 2.24) is 20.1 Å². The number of amides is 1. The Hall–Kier alpha value is -3.19. The number of carbonyl (C=O) groups excluding carboxylic acids is 1. The Morgan fingerprint density at radius 1 is 1.22 bits per heavy atom. The second kappa shape index (κ2) is 7.45. The number of aliphatic hydroxyl groups excluding tert-OH is 1. The molecular formula is C19H19F5N4O3S. The number of nitrogens with one attached hydrogen (secondary N) is 1. The summed E-state index contributed by atoms with van der Waals surface area (Å²) in [4.78, 5) is 14.2. The molecule has 0 bridgehead atoms. The standard InChI is InChI=1S/C19H19F5N4O3S/c1-12(29)10-25-18(30)13-8-16(17-6-7-28(2)27-17)19(26-11-13)31-14-4-3-5-15(9-14)32(20,21,22,23)24/h3-9,11-12,29H,10H2,1-2H3,(H,25,30)/t12-/m1/s1. The third-order valence-corrected chi connectivity index (χ3v) is 5.27. The van der Waals surface area contributed by atoms with Crippen LogP contribution in [0.25, 0.3) is 11.3 Å². The van der Waals surface area contributed by atoms with E-state index in [4.69, 9.17) is 4.74 Å². The number of nitrogens with zero attached hydrogens (tertiary/aromatic N) is 3. The molecule has 3 rings (SSSR count). The van der Waals surface area contributed by atoms with Crippen LogP contribution in [0.5, 0.6) is 11.6 Å². The van der Waals surface area contributed by atoms with Crippen molar-refractivity contribution >= 4 is 16.1 Å². The Morgan fingerprint density at radius 3 is 2.53 bits per heavy atom. The molecule has 1 amide bonds. The number of hydrogen-bond donors (Lipinski definition) is 2. The van der Waals surface area contributed by atoms with Crippen LogP contribution in [0, 0.1) is 0 Å². The topological polar surface area (TPSA) is 89.3 Å². The van der Waals surface area contributed by atoms with Crippen molar-refractivity contribution in [1.29, 1.82) is 0 Å². The Bertz CT molecular complexity index is 1170. The lowest BCUT2D eigenvalue weighted by molar-refractivity contribution is 0.0923. The van der Waals surface area contributed by atoms with Gasteiger partial charge in [-0.1, -0.05) is 25.5 Å². The molecule has 7 nitrogen and oxygen atoms in total. The van der Waals surface area contributed by atoms with Gasteiger partial charge >= 0.3 is 10.2 Å². The summed E-state index contributed by atoms with van der Waals surface area (Å²) in [5, 5.41) is 16.0. The first-order valence-corrected chi connectivity index (χ1v) is 11.1. The highest BCUT2D eigenvalue weighted by atomic mass is 32.5. The van der Waals surface area contributed by atoms with Crippen molar-refractivity contribution in [2.45, 2.75) is 17.9 Å². The van der Waals surface area contributed by atoms with Gasteiger partial charge in [0.25, 0.3) is 5.91 Å². The fraction of sp³-hybridized carbons (Fsp3) is 0.211. The maximum absolute atomic E-state index is 13.1. The lowest BCUT2D eigenvalue weighted by Crippen LogP contribution is -2.30. The van der Waals surface area contributed by atoms with E-state index < -0.39 is 32.9 Å². The minimum Gasteiger partial charge on any atom is -0.438 e. The molecule has 0 unspecified atom stereocenters. The zero-order valence-corrected chi connectivity index (χ0v) is 17.6. The molecule has 2 heterocycles. The van der Waals surface area contributed by atoms with Gasteiger partial charge in [-0.3, -0.25) is 9.48 Å². The number of carbonyl (C=O) groups is 1. The number of benzene rings is 1. The maximum Gasteiger partial charge on any atom is 0.310 e. The molecule has 2 N–H and O–H groups in total. The van der Waals surface area contributed by atoms with E-state index in [1.54, 1.807) is 19.3 Å². The molecule has 3 aromatic rings. The minimum absolute atomic E-state index is 0.0167. The summed E-state index contributed by atoms with van der Waals surface area (Å²) in [6, 6.07) is 5.20. The van der Waals surface area contributed by atoms with Crippen molar-refractivity contribution in [3.8, 4) is 22.9 Å². The van der Waals surface area contributed by atoms with Gasteiger partial charge in [0, 0.05) is 32.1 Å². The average Bonchev–Trinajstić information content (AvgIpc) is 3.11. The van der Waals surface area contributed by atoms with E-state index in [0.717, 1.165) is 18.3 Å². The zero-order valence-electron chi connectivity index (χ0n) is 16.8. The van der Waals surface area contributed by atoms with Crippen LogP contribution < -0.4 is 10.1 Å². The van der Waals surface area contributed by atoms with Gasteiger partial charge in [-0.25, -0.2) is 4.98 Å². The predicted octanol–water partition coefficient (Wildman–Crippen LogP) is 5.04.